The van der Waals surface area contributed by atoms with Crippen molar-refractivity contribution in [2.75, 3.05) is 0 Å². The summed E-state index contributed by atoms with van der Waals surface area (Å²) in [6.07, 6.45) is 0.971. The standard InChI is InChI=1S/C21H34O6S2/c1-6-16-21(5)17(18(29-28)20(25)27-21)13(4)15(23)8-7-14(22)10-11(2)9-12(3)19(24)26-16/h11-14,16-18,22,28H,6-10H2,1-5H3/t11-,12?,13?,14?,16+,17?,18?,21+/m0/s1. The lowest BCUT2D eigenvalue weighted by atomic mass is 9.73. The summed E-state index contributed by atoms with van der Waals surface area (Å²) in [5, 5.41) is 9.72. The van der Waals surface area contributed by atoms with Crippen LogP contribution in [0.4, 0.5) is 0 Å². The molecule has 2 fully saturated rings. The minimum absolute atomic E-state index is 0.0229. The summed E-state index contributed by atoms with van der Waals surface area (Å²) >= 11 is 4.25. The normalized spacial score (nSPS) is 42.6. The Balaban J connectivity index is 2.44. The molecule has 0 aromatic carbocycles. The molecule has 0 amide bonds. The maximum atomic E-state index is 13.0. The number of carbonyl (C=O) groups excluding carboxylic acids is 3. The number of aliphatic hydroxyl groups is 1. The highest BCUT2D eigenvalue weighted by Gasteiger charge is 2.60. The van der Waals surface area contributed by atoms with Gasteiger partial charge in [-0.1, -0.05) is 38.5 Å². The van der Waals surface area contributed by atoms with E-state index in [0.717, 1.165) is 10.8 Å². The molecule has 2 heterocycles. The van der Waals surface area contributed by atoms with Crippen molar-refractivity contribution in [2.24, 2.45) is 23.7 Å². The van der Waals surface area contributed by atoms with Gasteiger partial charge in [0.15, 0.2) is 5.60 Å². The minimum Gasteiger partial charge on any atom is -0.458 e. The average molecular weight is 447 g/mol. The first-order valence-electron chi connectivity index (χ1n) is 10.5. The maximum absolute atomic E-state index is 13.0. The van der Waals surface area contributed by atoms with Gasteiger partial charge in [0.2, 0.25) is 0 Å². The molecule has 1 N–H and O–H groups in total. The number of Topliss-reactive ketones (excluding diaryl/α,β-unsaturated/α-hetero) is 1. The van der Waals surface area contributed by atoms with Crippen molar-refractivity contribution in [3.05, 3.63) is 0 Å². The van der Waals surface area contributed by atoms with Gasteiger partial charge in [0.1, 0.15) is 17.1 Å². The van der Waals surface area contributed by atoms with E-state index < -0.39 is 40.9 Å². The maximum Gasteiger partial charge on any atom is 0.321 e. The Morgan fingerprint density at radius 3 is 2.41 bits per heavy atom. The zero-order valence-corrected chi connectivity index (χ0v) is 19.6. The van der Waals surface area contributed by atoms with Crippen LogP contribution in [0.25, 0.3) is 0 Å². The SMILES string of the molecule is CC[C@H]1OC(=O)C(C)C[C@H](C)CC(O)CCC(=O)C(C)C2C(SS)C(=O)O[C@@]21C. The van der Waals surface area contributed by atoms with Crippen molar-refractivity contribution in [1.29, 1.82) is 0 Å². The molecule has 0 bridgehead atoms. The van der Waals surface area contributed by atoms with Crippen molar-refractivity contribution in [2.45, 2.75) is 89.8 Å². The molecular formula is C21H34O6S2. The average Bonchev–Trinajstić information content (AvgIpc) is 2.92. The monoisotopic (exact) mass is 446 g/mol. The molecule has 8 atom stereocenters. The lowest BCUT2D eigenvalue weighted by Crippen LogP contribution is -2.51. The topological polar surface area (TPSA) is 89.9 Å². The van der Waals surface area contributed by atoms with Gasteiger partial charge >= 0.3 is 11.9 Å². The van der Waals surface area contributed by atoms with E-state index in [1.54, 1.807) is 13.8 Å². The molecular weight excluding hydrogens is 412 g/mol. The molecule has 166 valence electrons. The zero-order chi connectivity index (χ0) is 21.9. The van der Waals surface area contributed by atoms with Crippen LogP contribution in [-0.2, 0) is 23.9 Å². The van der Waals surface area contributed by atoms with Crippen molar-refractivity contribution in [1.82, 2.24) is 0 Å². The summed E-state index contributed by atoms with van der Waals surface area (Å²) in [6, 6.07) is 0. The third kappa shape index (κ3) is 5.31. The van der Waals surface area contributed by atoms with E-state index in [-0.39, 0.29) is 30.0 Å². The van der Waals surface area contributed by atoms with Crippen molar-refractivity contribution in [3.8, 4) is 0 Å². The van der Waals surface area contributed by atoms with Crippen LogP contribution in [0.1, 0.15) is 66.7 Å². The van der Waals surface area contributed by atoms with Crippen LogP contribution in [0.3, 0.4) is 0 Å². The van der Waals surface area contributed by atoms with Crippen LogP contribution in [0.5, 0.6) is 0 Å². The molecule has 2 aliphatic heterocycles. The molecule has 2 rings (SSSR count). The van der Waals surface area contributed by atoms with Gasteiger partial charge in [-0.3, -0.25) is 14.4 Å². The summed E-state index contributed by atoms with van der Waals surface area (Å²) in [7, 11) is 1.07. The number of ketones is 1. The molecule has 0 spiro atoms. The number of aliphatic hydroxyl groups excluding tert-OH is 1. The van der Waals surface area contributed by atoms with Crippen molar-refractivity contribution >= 4 is 40.2 Å². The third-order valence-corrected chi connectivity index (χ3v) is 7.92. The Labute approximate surface area is 182 Å². The molecule has 0 radical (unpaired) electrons. The zero-order valence-electron chi connectivity index (χ0n) is 17.9. The Kier molecular flexibility index (Phi) is 8.51. The number of hydrogen-bond donors (Lipinski definition) is 2. The number of rotatable bonds is 2. The van der Waals surface area contributed by atoms with Gasteiger partial charge in [-0.25, -0.2) is 0 Å². The Morgan fingerprint density at radius 1 is 1.17 bits per heavy atom. The van der Waals surface area contributed by atoms with Crippen LogP contribution in [0.2, 0.25) is 0 Å². The van der Waals surface area contributed by atoms with E-state index in [9.17, 15) is 19.5 Å². The largest absolute Gasteiger partial charge is 0.458 e. The number of esters is 2. The van der Waals surface area contributed by atoms with Gasteiger partial charge in [-0.05, 0) is 38.5 Å². The highest BCUT2D eigenvalue weighted by molar-refractivity contribution is 8.69. The Bertz CT molecular complexity index is 626. The molecule has 2 aliphatic rings. The van der Waals surface area contributed by atoms with Crippen LogP contribution >= 0.6 is 22.5 Å². The van der Waals surface area contributed by atoms with Gasteiger partial charge in [-0.2, -0.15) is 0 Å². The smallest absolute Gasteiger partial charge is 0.321 e. The summed E-state index contributed by atoms with van der Waals surface area (Å²) in [6.45, 7) is 9.25. The van der Waals surface area contributed by atoms with Gasteiger partial charge < -0.3 is 14.6 Å². The summed E-state index contributed by atoms with van der Waals surface area (Å²) in [5.41, 5.74) is -1.11. The van der Waals surface area contributed by atoms with Gasteiger partial charge in [0.25, 0.3) is 0 Å². The molecule has 0 saturated carbocycles. The highest BCUT2D eigenvalue weighted by atomic mass is 33.1. The van der Waals surface area contributed by atoms with Crippen LogP contribution < -0.4 is 0 Å². The summed E-state index contributed by atoms with van der Waals surface area (Å²) in [5.74, 6) is -1.97. The van der Waals surface area contributed by atoms with Crippen LogP contribution in [0, 0.1) is 23.7 Å². The molecule has 0 aromatic rings. The van der Waals surface area contributed by atoms with E-state index in [2.05, 4.69) is 11.7 Å². The Morgan fingerprint density at radius 2 is 1.83 bits per heavy atom. The molecule has 5 unspecified atom stereocenters. The fourth-order valence-electron chi connectivity index (χ4n) is 4.91. The second-order valence-corrected chi connectivity index (χ2v) is 10.3. The van der Waals surface area contributed by atoms with Gasteiger partial charge in [0.05, 0.1) is 12.0 Å². The highest BCUT2D eigenvalue weighted by Crippen LogP contribution is 2.48. The third-order valence-electron chi connectivity index (χ3n) is 6.53. The molecule has 8 heteroatoms. The summed E-state index contributed by atoms with van der Waals surface area (Å²) < 4.78 is 11.6. The van der Waals surface area contributed by atoms with E-state index in [0.29, 0.717) is 25.7 Å². The molecule has 29 heavy (non-hydrogen) atoms. The van der Waals surface area contributed by atoms with Crippen molar-refractivity contribution < 1.29 is 29.0 Å². The number of thiol groups is 1. The predicted molar refractivity (Wildman–Crippen MR) is 115 cm³/mol. The number of fused-ring (bicyclic) bond motifs is 1. The lowest BCUT2D eigenvalue weighted by Gasteiger charge is -2.39. The van der Waals surface area contributed by atoms with E-state index in [1.807, 2.05) is 20.8 Å². The molecule has 0 aromatic heterocycles. The Hall–Kier alpha value is -0.730. The fourth-order valence-corrected chi connectivity index (χ4v) is 6.34. The molecule has 0 aliphatic carbocycles. The number of cyclic esters (lactones) is 1. The first kappa shape index (κ1) is 24.5. The van der Waals surface area contributed by atoms with Crippen molar-refractivity contribution in [3.63, 3.8) is 0 Å². The fraction of sp³-hybridized carbons (Fsp3) is 0.857. The second-order valence-electron chi connectivity index (χ2n) is 8.92. The quantitative estimate of drug-likeness (QED) is 0.380. The number of carbonyl (C=O) groups is 3. The molecule has 2 saturated heterocycles. The lowest BCUT2D eigenvalue weighted by molar-refractivity contribution is -0.183. The number of hydrogen-bond acceptors (Lipinski definition) is 8. The van der Waals surface area contributed by atoms with Crippen LogP contribution in [0.15, 0.2) is 0 Å². The number of ether oxygens (including phenoxy) is 2. The van der Waals surface area contributed by atoms with E-state index in [1.165, 1.54) is 0 Å². The van der Waals surface area contributed by atoms with Crippen LogP contribution in [-0.4, -0.2) is 45.9 Å². The minimum atomic E-state index is -1.11. The van der Waals surface area contributed by atoms with Gasteiger partial charge in [-0.15, -0.1) is 11.7 Å². The molecule has 6 nitrogen and oxygen atoms in total. The van der Waals surface area contributed by atoms with E-state index >= 15 is 0 Å². The first-order chi connectivity index (χ1) is 13.5. The second kappa shape index (κ2) is 10.1. The predicted octanol–water partition coefficient (Wildman–Crippen LogP) is 3.60. The first-order valence-corrected chi connectivity index (χ1v) is 12.4. The van der Waals surface area contributed by atoms with Gasteiger partial charge in [0, 0.05) is 18.3 Å². The summed E-state index contributed by atoms with van der Waals surface area (Å²) in [4.78, 5) is 38.3. The van der Waals surface area contributed by atoms with E-state index in [4.69, 9.17) is 9.47 Å².